The molecule has 3 heteroatoms. The van der Waals surface area contributed by atoms with Crippen LogP contribution < -0.4 is 5.73 Å². The minimum Gasteiger partial charge on any atom is -0.327 e. The van der Waals surface area contributed by atoms with Crippen molar-refractivity contribution in [2.24, 2.45) is 5.73 Å². The Bertz CT molecular complexity index is 583. The standard InChI is InChI=1S/C17H20BrNS/c1-12-6-7-14(8-13(12)2)9-16(19)11-20-17-5-3-4-15(18)10-17/h3-8,10,16H,9,11,19H2,1-2H3. The fourth-order valence-electron chi connectivity index (χ4n) is 2.05. The third-order valence-electron chi connectivity index (χ3n) is 3.33. The molecule has 106 valence electrons. The Balaban J connectivity index is 1.89. The maximum absolute atomic E-state index is 6.25. The summed E-state index contributed by atoms with van der Waals surface area (Å²) in [6.07, 6.45) is 0.933. The molecule has 0 amide bonds. The van der Waals surface area contributed by atoms with Gasteiger partial charge in [-0.05, 0) is 55.2 Å². The Morgan fingerprint density at radius 1 is 1.10 bits per heavy atom. The van der Waals surface area contributed by atoms with Crippen molar-refractivity contribution in [2.75, 3.05) is 5.75 Å². The van der Waals surface area contributed by atoms with Gasteiger partial charge in [-0.1, -0.05) is 40.2 Å². The van der Waals surface area contributed by atoms with Gasteiger partial charge < -0.3 is 5.73 Å². The molecule has 0 aromatic heterocycles. The lowest BCUT2D eigenvalue weighted by Crippen LogP contribution is -2.25. The molecule has 1 nitrogen and oxygen atoms in total. The Labute approximate surface area is 134 Å². The molecule has 20 heavy (non-hydrogen) atoms. The molecule has 0 aliphatic rings. The van der Waals surface area contributed by atoms with Crippen LogP contribution in [0.1, 0.15) is 16.7 Å². The summed E-state index contributed by atoms with van der Waals surface area (Å²) in [6.45, 7) is 4.29. The molecule has 1 unspecified atom stereocenters. The minimum absolute atomic E-state index is 0.182. The highest BCUT2D eigenvalue weighted by atomic mass is 79.9. The van der Waals surface area contributed by atoms with E-state index >= 15 is 0 Å². The van der Waals surface area contributed by atoms with E-state index in [1.165, 1.54) is 21.6 Å². The number of hydrogen-bond donors (Lipinski definition) is 1. The van der Waals surface area contributed by atoms with Crippen molar-refractivity contribution in [1.29, 1.82) is 0 Å². The number of nitrogens with two attached hydrogens (primary N) is 1. The maximum Gasteiger partial charge on any atom is 0.0186 e. The van der Waals surface area contributed by atoms with E-state index in [0.717, 1.165) is 16.6 Å². The first kappa shape index (κ1) is 15.6. The van der Waals surface area contributed by atoms with E-state index < -0.39 is 0 Å². The molecule has 0 bridgehead atoms. The molecule has 0 aliphatic carbocycles. The van der Waals surface area contributed by atoms with Crippen LogP contribution in [0.25, 0.3) is 0 Å². The van der Waals surface area contributed by atoms with Gasteiger partial charge in [0, 0.05) is 21.2 Å². The summed E-state index contributed by atoms with van der Waals surface area (Å²) in [4.78, 5) is 1.26. The first-order chi connectivity index (χ1) is 9.54. The summed E-state index contributed by atoms with van der Waals surface area (Å²) in [6, 6.07) is 15.1. The van der Waals surface area contributed by atoms with Gasteiger partial charge in [0.2, 0.25) is 0 Å². The summed E-state index contributed by atoms with van der Waals surface area (Å²) in [7, 11) is 0. The van der Waals surface area contributed by atoms with Crippen LogP contribution >= 0.6 is 27.7 Å². The number of benzene rings is 2. The summed E-state index contributed by atoms with van der Waals surface area (Å²) < 4.78 is 1.12. The SMILES string of the molecule is Cc1ccc(CC(N)CSc2cccc(Br)c2)cc1C. The van der Waals surface area contributed by atoms with Gasteiger partial charge in [-0.3, -0.25) is 0 Å². The lowest BCUT2D eigenvalue weighted by atomic mass is 10.0. The number of hydrogen-bond acceptors (Lipinski definition) is 2. The topological polar surface area (TPSA) is 26.0 Å². The largest absolute Gasteiger partial charge is 0.327 e. The Kier molecular flexibility index (Phi) is 5.70. The molecule has 2 aromatic carbocycles. The predicted octanol–water partition coefficient (Wildman–Crippen LogP) is 4.73. The van der Waals surface area contributed by atoms with Crippen LogP contribution in [-0.2, 0) is 6.42 Å². The molecule has 0 saturated heterocycles. The van der Waals surface area contributed by atoms with Crippen LogP contribution in [0.4, 0.5) is 0 Å². The van der Waals surface area contributed by atoms with E-state index in [9.17, 15) is 0 Å². The van der Waals surface area contributed by atoms with E-state index in [-0.39, 0.29) is 6.04 Å². The van der Waals surface area contributed by atoms with Gasteiger partial charge in [0.1, 0.15) is 0 Å². The Morgan fingerprint density at radius 3 is 2.60 bits per heavy atom. The van der Waals surface area contributed by atoms with Crippen molar-refractivity contribution in [1.82, 2.24) is 0 Å². The Hall–Kier alpha value is -0.770. The van der Waals surface area contributed by atoms with E-state index in [1.807, 2.05) is 17.8 Å². The number of halogens is 1. The van der Waals surface area contributed by atoms with Crippen molar-refractivity contribution in [2.45, 2.75) is 31.2 Å². The molecule has 0 saturated carbocycles. The molecule has 0 heterocycles. The molecular weight excluding hydrogens is 330 g/mol. The predicted molar refractivity (Wildman–Crippen MR) is 92.5 cm³/mol. The van der Waals surface area contributed by atoms with Gasteiger partial charge in [0.15, 0.2) is 0 Å². The van der Waals surface area contributed by atoms with Crippen molar-refractivity contribution in [3.8, 4) is 0 Å². The fourth-order valence-corrected chi connectivity index (χ4v) is 3.51. The zero-order valence-corrected chi connectivity index (χ0v) is 14.3. The van der Waals surface area contributed by atoms with Crippen molar-refractivity contribution in [3.05, 3.63) is 63.6 Å². The monoisotopic (exact) mass is 349 g/mol. The number of aryl methyl sites for hydroxylation is 2. The molecule has 0 aliphatic heterocycles. The maximum atomic E-state index is 6.25. The zero-order valence-electron chi connectivity index (χ0n) is 11.9. The summed E-state index contributed by atoms with van der Waals surface area (Å²) >= 11 is 5.31. The Morgan fingerprint density at radius 2 is 1.90 bits per heavy atom. The summed E-state index contributed by atoms with van der Waals surface area (Å²) in [5.41, 5.74) is 10.3. The van der Waals surface area contributed by atoms with Crippen LogP contribution in [0.2, 0.25) is 0 Å². The average Bonchev–Trinajstić information content (AvgIpc) is 2.41. The van der Waals surface area contributed by atoms with Gasteiger partial charge in [0.05, 0.1) is 0 Å². The van der Waals surface area contributed by atoms with Gasteiger partial charge in [-0.15, -0.1) is 11.8 Å². The molecule has 2 rings (SSSR count). The molecule has 0 spiro atoms. The number of rotatable bonds is 5. The highest BCUT2D eigenvalue weighted by molar-refractivity contribution is 9.10. The molecule has 1 atom stereocenters. The molecule has 0 radical (unpaired) electrons. The molecule has 2 aromatic rings. The number of thioether (sulfide) groups is 1. The third-order valence-corrected chi connectivity index (χ3v) is 5.00. The van der Waals surface area contributed by atoms with Crippen LogP contribution in [-0.4, -0.2) is 11.8 Å². The summed E-state index contributed by atoms with van der Waals surface area (Å²) in [5, 5.41) is 0. The first-order valence-corrected chi connectivity index (χ1v) is 8.52. The first-order valence-electron chi connectivity index (χ1n) is 6.74. The van der Waals surface area contributed by atoms with E-state index in [2.05, 4.69) is 66.2 Å². The van der Waals surface area contributed by atoms with Gasteiger partial charge >= 0.3 is 0 Å². The van der Waals surface area contributed by atoms with E-state index in [1.54, 1.807) is 0 Å². The van der Waals surface area contributed by atoms with Crippen molar-refractivity contribution in [3.63, 3.8) is 0 Å². The second-order valence-corrected chi connectivity index (χ2v) is 7.16. The van der Waals surface area contributed by atoms with Crippen molar-refractivity contribution < 1.29 is 0 Å². The van der Waals surface area contributed by atoms with Crippen LogP contribution in [0.5, 0.6) is 0 Å². The van der Waals surface area contributed by atoms with Crippen LogP contribution in [0, 0.1) is 13.8 Å². The fraction of sp³-hybridized carbons (Fsp3) is 0.294. The van der Waals surface area contributed by atoms with E-state index in [0.29, 0.717) is 0 Å². The average molecular weight is 350 g/mol. The van der Waals surface area contributed by atoms with Crippen molar-refractivity contribution >= 4 is 27.7 Å². The van der Waals surface area contributed by atoms with E-state index in [4.69, 9.17) is 5.73 Å². The van der Waals surface area contributed by atoms with Crippen LogP contribution in [0.15, 0.2) is 51.8 Å². The lowest BCUT2D eigenvalue weighted by Gasteiger charge is -2.12. The normalized spacial score (nSPS) is 12.4. The highest BCUT2D eigenvalue weighted by Crippen LogP contribution is 2.23. The smallest absolute Gasteiger partial charge is 0.0186 e. The summed E-state index contributed by atoms with van der Waals surface area (Å²) in [5.74, 6) is 0.934. The van der Waals surface area contributed by atoms with Gasteiger partial charge in [0.25, 0.3) is 0 Å². The van der Waals surface area contributed by atoms with Gasteiger partial charge in [-0.2, -0.15) is 0 Å². The van der Waals surface area contributed by atoms with Gasteiger partial charge in [-0.25, -0.2) is 0 Å². The zero-order chi connectivity index (χ0) is 14.5. The third kappa shape index (κ3) is 4.65. The molecule has 2 N–H and O–H groups in total. The molecule has 0 fully saturated rings. The second-order valence-electron chi connectivity index (χ2n) is 5.15. The minimum atomic E-state index is 0.182. The second kappa shape index (κ2) is 7.30. The highest BCUT2D eigenvalue weighted by Gasteiger charge is 2.06. The molecular formula is C17H20BrNS. The lowest BCUT2D eigenvalue weighted by molar-refractivity contribution is 0.748. The van der Waals surface area contributed by atoms with Crippen LogP contribution in [0.3, 0.4) is 0 Å². The quantitative estimate of drug-likeness (QED) is 0.789.